The summed E-state index contributed by atoms with van der Waals surface area (Å²) in [6.07, 6.45) is -5.52. The average Bonchev–Trinajstić information content (AvgIpc) is 2.24. The van der Waals surface area contributed by atoms with E-state index < -0.39 is 34.6 Å². The number of hydrogen-bond donors (Lipinski definition) is 2. The Hall–Kier alpha value is -1.61. The molecule has 0 saturated heterocycles. The number of carbonyl (C=O) groups excluding carboxylic acids is 1. The molecule has 0 bridgehead atoms. The molecule has 0 saturated carbocycles. The number of nitrogens with two attached hydrogens (primary N) is 1. The van der Waals surface area contributed by atoms with Crippen LogP contribution in [0.2, 0.25) is 0 Å². The first-order chi connectivity index (χ1) is 9.40. The molecule has 0 heterocycles. The van der Waals surface area contributed by atoms with E-state index >= 15 is 0 Å². The lowest BCUT2D eigenvalue weighted by atomic mass is 10.1. The number of benzene rings is 1. The van der Waals surface area contributed by atoms with E-state index in [0.29, 0.717) is 5.56 Å². The summed E-state index contributed by atoms with van der Waals surface area (Å²) in [7, 11) is -3.90. The Morgan fingerprint density at radius 3 is 2.38 bits per heavy atom. The molecule has 1 aromatic carbocycles. The number of amides is 1. The zero-order valence-electron chi connectivity index (χ0n) is 11.4. The summed E-state index contributed by atoms with van der Waals surface area (Å²) in [6, 6.07) is 2.45. The molecule has 5 nitrogen and oxygen atoms in total. The SMILES string of the molecule is Cc1cc(S(N)(=O)=O)ccc1C(=O)NC(C)CC(F)(F)F. The zero-order valence-corrected chi connectivity index (χ0v) is 12.2. The van der Waals surface area contributed by atoms with Gasteiger partial charge in [-0.3, -0.25) is 4.79 Å². The van der Waals surface area contributed by atoms with E-state index in [0.717, 1.165) is 6.07 Å². The first kappa shape index (κ1) is 17.4. The summed E-state index contributed by atoms with van der Waals surface area (Å²) in [5.74, 6) is -0.704. The van der Waals surface area contributed by atoms with Gasteiger partial charge in [0.15, 0.2) is 0 Å². The van der Waals surface area contributed by atoms with Crippen molar-refractivity contribution >= 4 is 15.9 Å². The van der Waals surface area contributed by atoms with Gasteiger partial charge in [0.25, 0.3) is 5.91 Å². The van der Waals surface area contributed by atoms with Gasteiger partial charge in [0.1, 0.15) is 0 Å². The third kappa shape index (κ3) is 5.35. The van der Waals surface area contributed by atoms with Gasteiger partial charge < -0.3 is 5.32 Å². The lowest BCUT2D eigenvalue weighted by Crippen LogP contribution is -2.36. The third-order valence-electron chi connectivity index (χ3n) is 2.69. The smallest absolute Gasteiger partial charge is 0.349 e. The number of rotatable bonds is 4. The Kier molecular flexibility index (Phi) is 5.00. The molecule has 0 spiro atoms. The van der Waals surface area contributed by atoms with Crippen molar-refractivity contribution in [1.82, 2.24) is 5.32 Å². The molecule has 0 aliphatic carbocycles. The van der Waals surface area contributed by atoms with Crippen molar-refractivity contribution in [2.45, 2.75) is 37.4 Å². The Bertz CT molecular complexity index is 642. The highest BCUT2D eigenvalue weighted by Crippen LogP contribution is 2.22. The van der Waals surface area contributed by atoms with E-state index in [1.165, 1.54) is 26.0 Å². The van der Waals surface area contributed by atoms with Crippen molar-refractivity contribution in [3.8, 4) is 0 Å². The fraction of sp³-hybridized carbons (Fsp3) is 0.417. The van der Waals surface area contributed by atoms with Crippen LogP contribution in [0.3, 0.4) is 0 Å². The van der Waals surface area contributed by atoms with Crippen molar-refractivity contribution in [3.05, 3.63) is 29.3 Å². The predicted octanol–water partition coefficient (Wildman–Crippen LogP) is 1.71. The number of sulfonamides is 1. The van der Waals surface area contributed by atoms with Gasteiger partial charge in [0, 0.05) is 11.6 Å². The fourth-order valence-electron chi connectivity index (χ4n) is 1.77. The van der Waals surface area contributed by atoms with Crippen LogP contribution in [0, 0.1) is 6.92 Å². The maximum absolute atomic E-state index is 12.2. The van der Waals surface area contributed by atoms with Gasteiger partial charge in [0.2, 0.25) is 10.0 Å². The standard InChI is InChI=1S/C12H15F3N2O3S/c1-7-5-9(21(16,19)20)3-4-10(7)11(18)17-8(2)6-12(13,14)15/h3-5,8H,6H2,1-2H3,(H,17,18)(H2,16,19,20). The highest BCUT2D eigenvalue weighted by molar-refractivity contribution is 7.89. The molecule has 3 N–H and O–H groups in total. The fourth-order valence-corrected chi connectivity index (χ4v) is 2.37. The predicted molar refractivity (Wildman–Crippen MR) is 70.2 cm³/mol. The number of halogens is 3. The van der Waals surface area contributed by atoms with Crippen molar-refractivity contribution in [2.24, 2.45) is 5.14 Å². The number of primary sulfonamides is 1. The van der Waals surface area contributed by atoms with E-state index in [-0.39, 0.29) is 10.5 Å². The van der Waals surface area contributed by atoms with Crippen LogP contribution in [-0.2, 0) is 10.0 Å². The molecule has 0 aliphatic rings. The van der Waals surface area contributed by atoms with E-state index in [2.05, 4.69) is 5.32 Å². The molecule has 0 aliphatic heterocycles. The van der Waals surface area contributed by atoms with E-state index in [1.54, 1.807) is 0 Å². The minimum Gasteiger partial charge on any atom is -0.349 e. The van der Waals surface area contributed by atoms with E-state index in [9.17, 15) is 26.4 Å². The van der Waals surface area contributed by atoms with Crippen LogP contribution in [-0.4, -0.2) is 26.5 Å². The molecule has 1 rings (SSSR count). The van der Waals surface area contributed by atoms with Gasteiger partial charge in [0.05, 0.1) is 11.3 Å². The monoisotopic (exact) mass is 324 g/mol. The molecule has 0 fully saturated rings. The minimum atomic E-state index is -4.38. The summed E-state index contributed by atoms with van der Waals surface area (Å²) < 4.78 is 58.9. The van der Waals surface area contributed by atoms with Crippen LogP contribution in [0.25, 0.3) is 0 Å². The van der Waals surface area contributed by atoms with Gasteiger partial charge in [-0.05, 0) is 37.6 Å². The summed E-state index contributed by atoms with van der Waals surface area (Å²) in [6.45, 7) is 2.71. The molecule has 118 valence electrons. The lowest BCUT2D eigenvalue weighted by Gasteiger charge is -2.16. The lowest BCUT2D eigenvalue weighted by molar-refractivity contribution is -0.138. The number of hydrogen-bond acceptors (Lipinski definition) is 3. The maximum Gasteiger partial charge on any atom is 0.391 e. The van der Waals surface area contributed by atoms with Crippen LogP contribution in [0.5, 0.6) is 0 Å². The number of carbonyl (C=O) groups is 1. The van der Waals surface area contributed by atoms with Gasteiger partial charge >= 0.3 is 6.18 Å². The van der Waals surface area contributed by atoms with Crippen molar-refractivity contribution < 1.29 is 26.4 Å². The quantitative estimate of drug-likeness (QED) is 0.883. The van der Waals surface area contributed by atoms with Crippen LogP contribution >= 0.6 is 0 Å². The van der Waals surface area contributed by atoms with Gasteiger partial charge in [-0.1, -0.05) is 0 Å². The van der Waals surface area contributed by atoms with Crippen molar-refractivity contribution in [3.63, 3.8) is 0 Å². The van der Waals surface area contributed by atoms with Gasteiger partial charge in [-0.15, -0.1) is 0 Å². The molecule has 1 amide bonds. The van der Waals surface area contributed by atoms with Gasteiger partial charge in [-0.2, -0.15) is 13.2 Å². The number of aryl methyl sites for hydroxylation is 1. The minimum absolute atomic E-state index is 0.0939. The van der Waals surface area contributed by atoms with E-state index in [4.69, 9.17) is 5.14 Å². The third-order valence-corrected chi connectivity index (χ3v) is 3.60. The normalized spacial score (nSPS) is 13.8. The largest absolute Gasteiger partial charge is 0.391 e. The Labute approximate surface area is 120 Å². The maximum atomic E-state index is 12.2. The van der Waals surface area contributed by atoms with Crippen molar-refractivity contribution in [2.75, 3.05) is 0 Å². The van der Waals surface area contributed by atoms with Gasteiger partial charge in [-0.25, -0.2) is 13.6 Å². The van der Waals surface area contributed by atoms with Crippen LogP contribution < -0.4 is 10.5 Å². The van der Waals surface area contributed by atoms with Crippen molar-refractivity contribution in [1.29, 1.82) is 0 Å². The summed E-state index contributed by atoms with van der Waals surface area (Å²) in [5, 5.41) is 7.16. The second kappa shape index (κ2) is 6.02. The highest BCUT2D eigenvalue weighted by atomic mass is 32.2. The first-order valence-corrected chi connectivity index (χ1v) is 7.46. The second-order valence-corrected chi connectivity index (χ2v) is 6.28. The molecule has 1 aromatic rings. The average molecular weight is 324 g/mol. The molecule has 21 heavy (non-hydrogen) atoms. The highest BCUT2D eigenvalue weighted by Gasteiger charge is 2.30. The summed E-state index contributed by atoms with van der Waals surface area (Å²) >= 11 is 0. The molecular weight excluding hydrogens is 309 g/mol. The molecule has 1 atom stereocenters. The molecule has 0 radical (unpaired) electrons. The Morgan fingerprint density at radius 2 is 1.95 bits per heavy atom. The number of nitrogens with one attached hydrogen (secondary N) is 1. The Balaban J connectivity index is 2.89. The van der Waals surface area contributed by atoms with Crippen LogP contribution in [0.1, 0.15) is 29.3 Å². The van der Waals surface area contributed by atoms with E-state index in [1.807, 2.05) is 0 Å². The summed E-state index contributed by atoms with van der Waals surface area (Å²) in [4.78, 5) is 11.7. The topological polar surface area (TPSA) is 89.3 Å². The second-order valence-electron chi connectivity index (χ2n) is 4.72. The Morgan fingerprint density at radius 1 is 1.38 bits per heavy atom. The van der Waals surface area contributed by atoms with Crippen LogP contribution in [0.15, 0.2) is 23.1 Å². The van der Waals surface area contributed by atoms with Crippen LogP contribution in [0.4, 0.5) is 13.2 Å². The zero-order chi connectivity index (χ0) is 16.4. The summed E-state index contributed by atoms with van der Waals surface area (Å²) in [5.41, 5.74) is 0.398. The molecule has 1 unspecified atom stereocenters. The molecular formula is C12H15F3N2O3S. The number of alkyl halides is 3. The molecule has 0 aromatic heterocycles. The molecule has 9 heteroatoms. The first-order valence-electron chi connectivity index (χ1n) is 5.91.